The van der Waals surface area contributed by atoms with E-state index in [-0.39, 0.29) is 5.91 Å². The topological polar surface area (TPSA) is 52.3 Å². The van der Waals surface area contributed by atoms with Crippen molar-refractivity contribution in [2.45, 2.75) is 19.8 Å². The second-order valence-corrected chi connectivity index (χ2v) is 2.24. The molecule has 0 spiro atoms. The molecule has 0 aromatic carbocycles. The third kappa shape index (κ3) is 4.32. The number of carbonyl (C=O) groups excluding carboxylic acids is 1. The van der Waals surface area contributed by atoms with Gasteiger partial charge in [-0.2, -0.15) is 0 Å². The summed E-state index contributed by atoms with van der Waals surface area (Å²) < 4.78 is 4.81. The van der Waals surface area contributed by atoms with E-state index in [9.17, 15) is 4.79 Å². The number of rotatable bonds is 5. The van der Waals surface area contributed by atoms with Gasteiger partial charge in [-0.05, 0) is 19.8 Å². The van der Waals surface area contributed by atoms with Crippen LogP contribution in [0.1, 0.15) is 19.8 Å². The summed E-state index contributed by atoms with van der Waals surface area (Å²) in [5.74, 6) is 0.410. The maximum Gasteiger partial charge on any atom is 0.224 e. The first-order valence-corrected chi connectivity index (χ1v) is 3.29. The molecule has 0 aliphatic heterocycles. The van der Waals surface area contributed by atoms with Crippen LogP contribution in [0.15, 0.2) is 0 Å². The van der Waals surface area contributed by atoms with Crippen molar-refractivity contribution in [3.8, 4) is 0 Å². The lowest BCUT2D eigenvalue weighted by Crippen LogP contribution is -2.18. The molecule has 3 nitrogen and oxygen atoms in total. The SMILES string of the molecule is COCCC[C](C)C(N)=O. The first kappa shape index (κ1) is 9.43. The van der Waals surface area contributed by atoms with Crippen molar-refractivity contribution >= 4 is 5.91 Å². The van der Waals surface area contributed by atoms with Gasteiger partial charge in [0.15, 0.2) is 0 Å². The van der Waals surface area contributed by atoms with Crippen molar-refractivity contribution in [2.75, 3.05) is 13.7 Å². The molecule has 0 aromatic rings. The Bertz CT molecular complexity index is 104. The first-order chi connectivity index (χ1) is 4.68. The Morgan fingerprint density at radius 2 is 2.20 bits per heavy atom. The Morgan fingerprint density at radius 3 is 2.60 bits per heavy atom. The maximum atomic E-state index is 10.4. The lowest BCUT2D eigenvalue weighted by Gasteiger charge is -2.03. The first-order valence-electron chi connectivity index (χ1n) is 3.29. The van der Waals surface area contributed by atoms with Gasteiger partial charge in [-0.3, -0.25) is 4.79 Å². The van der Waals surface area contributed by atoms with Crippen LogP contribution in [0.3, 0.4) is 0 Å². The second kappa shape index (κ2) is 5.23. The summed E-state index contributed by atoms with van der Waals surface area (Å²) in [6.07, 6.45) is 1.61. The summed E-state index contributed by atoms with van der Waals surface area (Å²) in [4.78, 5) is 10.4. The minimum atomic E-state index is -0.309. The lowest BCUT2D eigenvalue weighted by molar-refractivity contribution is -0.116. The fourth-order valence-electron chi connectivity index (χ4n) is 0.605. The predicted octanol–water partition coefficient (Wildman–Crippen LogP) is 0.493. The van der Waals surface area contributed by atoms with Crippen LogP contribution in [-0.4, -0.2) is 19.6 Å². The van der Waals surface area contributed by atoms with Gasteiger partial charge >= 0.3 is 0 Å². The number of methoxy groups -OCH3 is 1. The van der Waals surface area contributed by atoms with Gasteiger partial charge in [0.05, 0.1) is 5.92 Å². The fourth-order valence-corrected chi connectivity index (χ4v) is 0.605. The van der Waals surface area contributed by atoms with Crippen LogP contribution in [0.5, 0.6) is 0 Å². The molecule has 0 aliphatic rings. The second-order valence-electron chi connectivity index (χ2n) is 2.24. The third-order valence-electron chi connectivity index (χ3n) is 1.32. The Hall–Kier alpha value is -0.570. The minimum Gasteiger partial charge on any atom is -0.385 e. The highest BCUT2D eigenvalue weighted by Gasteiger charge is 2.07. The van der Waals surface area contributed by atoms with Crippen LogP contribution >= 0.6 is 0 Å². The van der Waals surface area contributed by atoms with Gasteiger partial charge in [0.2, 0.25) is 5.91 Å². The molecule has 1 radical (unpaired) electrons. The maximum absolute atomic E-state index is 10.4. The minimum absolute atomic E-state index is 0.309. The van der Waals surface area contributed by atoms with E-state index < -0.39 is 0 Å². The van der Waals surface area contributed by atoms with Gasteiger partial charge < -0.3 is 10.5 Å². The van der Waals surface area contributed by atoms with E-state index in [1.807, 2.05) is 0 Å². The zero-order valence-corrected chi connectivity index (χ0v) is 6.52. The number of ether oxygens (including phenoxy) is 1. The van der Waals surface area contributed by atoms with Crippen molar-refractivity contribution in [1.29, 1.82) is 0 Å². The van der Waals surface area contributed by atoms with Gasteiger partial charge in [-0.15, -0.1) is 0 Å². The van der Waals surface area contributed by atoms with Crippen LogP contribution in [0.2, 0.25) is 0 Å². The van der Waals surface area contributed by atoms with E-state index in [2.05, 4.69) is 0 Å². The smallest absolute Gasteiger partial charge is 0.224 e. The van der Waals surface area contributed by atoms with E-state index in [1.165, 1.54) is 0 Å². The number of primary amides is 1. The molecule has 0 saturated carbocycles. The third-order valence-corrected chi connectivity index (χ3v) is 1.32. The Kier molecular flexibility index (Phi) is 4.94. The normalized spacial score (nSPS) is 10.3. The standard InChI is InChI=1S/C7H14NO2/c1-6(7(8)9)4-3-5-10-2/h3-5H2,1-2H3,(H2,8,9). The molecule has 1 amide bonds. The van der Waals surface area contributed by atoms with Crippen LogP contribution < -0.4 is 5.73 Å². The van der Waals surface area contributed by atoms with Gasteiger partial charge in [0.1, 0.15) is 0 Å². The zero-order chi connectivity index (χ0) is 7.98. The number of hydrogen-bond acceptors (Lipinski definition) is 2. The predicted molar refractivity (Wildman–Crippen MR) is 39.2 cm³/mol. The molecule has 0 bridgehead atoms. The molecule has 0 aliphatic carbocycles. The molecule has 0 fully saturated rings. The van der Waals surface area contributed by atoms with Crippen molar-refractivity contribution in [1.82, 2.24) is 0 Å². The highest BCUT2D eigenvalue weighted by atomic mass is 16.5. The molecule has 0 rings (SSSR count). The number of hydrogen-bond donors (Lipinski definition) is 1. The summed E-state index contributed by atoms with van der Waals surface area (Å²) in [5, 5.41) is 0. The molecule has 0 unspecified atom stereocenters. The summed E-state index contributed by atoms with van der Waals surface area (Å²) in [6.45, 7) is 2.43. The van der Waals surface area contributed by atoms with Crippen LogP contribution in [0, 0.1) is 5.92 Å². The molecular weight excluding hydrogens is 130 g/mol. The van der Waals surface area contributed by atoms with Crippen LogP contribution in [0.25, 0.3) is 0 Å². The van der Waals surface area contributed by atoms with Gasteiger partial charge in [-0.1, -0.05) is 0 Å². The molecule has 10 heavy (non-hydrogen) atoms. The van der Waals surface area contributed by atoms with Crippen LogP contribution in [-0.2, 0) is 9.53 Å². The van der Waals surface area contributed by atoms with Crippen molar-refractivity contribution in [3.05, 3.63) is 5.92 Å². The Balaban J connectivity index is 3.21. The molecule has 0 heterocycles. The van der Waals surface area contributed by atoms with Crippen molar-refractivity contribution in [2.24, 2.45) is 5.73 Å². The molecular formula is C7H14NO2. The summed E-state index contributed by atoms with van der Waals surface area (Å²) in [5.41, 5.74) is 5.00. The number of amides is 1. The largest absolute Gasteiger partial charge is 0.385 e. The monoisotopic (exact) mass is 144 g/mol. The van der Waals surface area contributed by atoms with Crippen molar-refractivity contribution in [3.63, 3.8) is 0 Å². The molecule has 0 atom stereocenters. The molecule has 2 N–H and O–H groups in total. The highest BCUT2D eigenvalue weighted by Crippen LogP contribution is 2.05. The average molecular weight is 144 g/mol. The zero-order valence-electron chi connectivity index (χ0n) is 6.52. The Labute approximate surface area is 61.5 Å². The van der Waals surface area contributed by atoms with E-state index in [1.54, 1.807) is 14.0 Å². The summed E-state index contributed by atoms with van der Waals surface area (Å²) in [7, 11) is 1.64. The molecule has 0 aromatic heterocycles. The molecule has 59 valence electrons. The number of carbonyl (C=O) groups is 1. The van der Waals surface area contributed by atoms with E-state index in [4.69, 9.17) is 10.5 Å². The molecule has 0 saturated heterocycles. The molecule has 3 heteroatoms. The Morgan fingerprint density at radius 1 is 1.60 bits per heavy atom. The quantitative estimate of drug-likeness (QED) is 0.571. The summed E-state index contributed by atoms with van der Waals surface area (Å²) in [6, 6.07) is 0. The average Bonchev–Trinajstić information content (AvgIpc) is 1.88. The summed E-state index contributed by atoms with van der Waals surface area (Å²) >= 11 is 0. The van der Waals surface area contributed by atoms with Crippen LogP contribution in [0.4, 0.5) is 0 Å². The van der Waals surface area contributed by atoms with E-state index >= 15 is 0 Å². The van der Waals surface area contributed by atoms with Gasteiger partial charge in [-0.25, -0.2) is 0 Å². The fraction of sp³-hybridized carbons (Fsp3) is 0.714. The van der Waals surface area contributed by atoms with E-state index in [0.29, 0.717) is 6.61 Å². The highest BCUT2D eigenvalue weighted by molar-refractivity contribution is 5.87. The number of nitrogens with two attached hydrogens (primary N) is 1. The van der Waals surface area contributed by atoms with Gasteiger partial charge in [0.25, 0.3) is 0 Å². The van der Waals surface area contributed by atoms with Gasteiger partial charge in [0, 0.05) is 13.7 Å². The van der Waals surface area contributed by atoms with Crippen molar-refractivity contribution < 1.29 is 9.53 Å². The van der Waals surface area contributed by atoms with E-state index in [0.717, 1.165) is 18.8 Å². The lowest BCUT2D eigenvalue weighted by atomic mass is 10.1.